The molecule has 4 unspecified atom stereocenters. The Balaban J connectivity index is 1.93. The Morgan fingerprint density at radius 1 is 1.33 bits per heavy atom. The van der Waals surface area contributed by atoms with Crippen molar-refractivity contribution in [2.75, 3.05) is 0 Å². The molecule has 0 spiro atoms. The third kappa shape index (κ3) is 2.64. The molecule has 1 aromatic rings. The van der Waals surface area contributed by atoms with Gasteiger partial charge in [0.1, 0.15) is 6.17 Å². The highest BCUT2D eigenvalue weighted by Gasteiger charge is 2.46. The third-order valence-corrected chi connectivity index (χ3v) is 6.06. The molecule has 4 heteroatoms. The van der Waals surface area contributed by atoms with Crippen LogP contribution in [-0.2, 0) is 4.79 Å². The average molecular weight is 306 g/mol. The summed E-state index contributed by atoms with van der Waals surface area (Å²) < 4.78 is 0. The van der Waals surface area contributed by atoms with Gasteiger partial charge in [0.2, 0.25) is 5.91 Å². The minimum Gasteiger partial charge on any atom is -0.317 e. The molecule has 0 radical (unpaired) electrons. The second-order valence-corrected chi connectivity index (χ2v) is 8.28. The smallest absolute Gasteiger partial charge is 0.241 e. The van der Waals surface area contributed by atoms with Crippen molar-refractivity contribution in [1.82, 2.24) is 10.2 Å². The summed E-state index contributed by atoms with van der Waals surface area (Å²) in [6.45, 7) is 8.69. The molecule has 1 amide bonds. The first kappa shape index (κ1) is 15.0. The SMILES string of the molecule is Cc1ccc(C2NC(C(C)C)C(=O)N2C2CCCC2C)s1. The number of hydrogen-bond donors (Lipinski definition) is 1. The van der Waals surface area contributed by atoms with E-state index in [9.17, 15) is 4.79 Å². The molecule has 116 valence electrons. The van der Waals surface area contributed by atoms with E-state index in [1.165, 1.54) is 22.6 Å². The maximum Gasteiger partial charge on any atom is 0.241 e. The first-order valence-electron chi connectivity index (χ1n) is 8.13. The summed E-state index contributed by atoms with van der Waals surface area (Å²) in [4.78, 5) is 17.7. The number of nitrogens with one attached hydrogen (secondary N) is 1. The number of nitrogens with zero attached hydrogens (tertiary/aromatic N) is 1. The van der Waals surface area contributed by atoms with Crippen molar-refractivity contribution in [3.05, 3.63) is 21.9 Å². The second kappa shape index (κ2) is 5.73. The van der Waals surface area contributed by atoms with Gasteiger partial charge in [0.05, 0.1) is 6.04 Å². The first-order chi connectivity index (χ1) is 9.99. The third-order valence-electron chi connectivity index (χ3n) is 5.01. The predicted octanol–water partition coefficient (Wildman–Crippen LogP) is 3.70. The predicted molar refractivity (Wildman–Crippen MR) is 87.2 cm³/mol. The molecule has 1 N–H and O–H groups in total. The van der Waals surface area contributed by atoms with Crippen LogP contribution in [0.2, 0.25) is 0 Å². The van der Waals surface area contributed by atoms with E-state index < -0.39 is 0 Å². The van der Waals surface area contributed by atoms with Crippen molar-refractivity contribution < 1.29 is 4.79 Å². The standard InChI is InChI=1S/C17H26N2OS/c1-10(2)15-17(20)19(13-7-5-6-11(13)3)16(18-15)14-9-8-12(4)21-14/h8-11,13,15-16,18H,5-7H2,1-4H3. The lowest BCUT2D eigenvalue weighted by molar-refractivity contribution is -0.133. The van der Waals surface area contributed by atoms with Crippen LogP contribution < -0.4 is 5.32 Å². The number of carbonyl (C=O) groups excluding carboxylic acids is 1. The fourth-order valence-electron chi connectivity index (χ4n) is 3.80. The van der Waals surface area contributed by atoms with Crippen LogP contribution in [0, 0.1) is 18.8 Å². The van der Waals surface area contributed by atoms with Gasteiger partial charge in [-0.15, -0.1) is 11.3 Å². The Labute approximate surface area is 131 Å². The van der Waals surface area contributed by atoms with E-state index in [0.717, 1.165) is 6.42 Å². The number of aryl methyl sites for hydroxylation is 1. The highest BCUT2D eigenvalue weighted by Crippen LogP contribution is 2.39. The molecule has 4 atom stereocenters. The zero-order chi connectivity index (χ0) is 15.1. The Morgan fingerprint density at radius 2 is 2.10 bits per heavy atom. The van der Waals surface area contributed by atoms with E-state index >= 15 is 0 Å². The van der Waals surface area contributed by atoms with Crippen LogP contribution in [0.3, 0.4) is 0 Å². The van der Waals surface area contributed by atoms with Gasteiger partial charge in [-0.25, -0.2) is 0 Å². The van der Waals surface area contributed by atoms with E-state index in [4.69, 9.17) is 0 Å². The normalized spacial score (nSPS) is 33.4. The van der Waals surface area contributed by atoms with E-state index in [2.05, 4.69) is 50.0 Å². The largest absolute Gasteiger partial charge is 0.317 e. The number of amides is 1. The van der Waals surface area contributed by atoms with Gasteiger partial charge >= 0.3 is 0 Å². The maximum absolute atomic E-state index is 12.9. The summed E-state index contributed by atoms with van der Waals surface area (Å²) in [5, 5.41) is 3.60. The van der Waals surface area contributed by atoms with Gasteiger partial charge < -0.3 is 4.90 Å². The second-order valence-electron chi connectivity index (χ2n) is 6.96. The molecule has 2 fully saturated rings. The molecule has 1 saturated heterocycles. The first-order valence-corrected chi connectivity index (χ1v) is 8.95. The van der Waals surface area contributed by atoms with Crippen LogP contribution in [0.5, 0.6) is 0 Å². The summed E-state index contributed by atoms with van der Waals surface area (Å²) in [5.74, 6) is 1.26. The summed E-state index contributed by atoms with van der Waals surface area (Å²) in [7, 11) is 0. The van der Waals surface area contributed by atoms with Crippen molar-refractivity contribution in [3.63, 3.8) is 0 Å². The minimum atomic E-state index is -0.0368. The maximum atomic E-state index is 12.9. The fourth-order valence-corrected chi connectivity index (χ4v) is 4.74. The minimum absolute atomic E-state index is 0.0368. The number of thiophene rings is 1. The van der Waals surface area contributed by atoms with Crippen LogP contribution >= 0.6 is 11.3 Å². The molecule has 1 aliphatic heterocycles. The molecular weight excluding hydrogens is 280 g/mol. The molecule has 2 aliphatic rings. The average Bonchev–Trinajstić information content (AvgIpc) is 3.09. The van der Waals surface area contributed by atoms with Crippen LogP contribution in [0.1, 0.15) is 56.0 Å². The zero-order valence-electron chi connectivity index (χ0n) is 13.4. The van der Waals surface area contributed by atoms with Crippen LogP contribution in [0.15, 0.2) is 12.1 Å². The van der Waals surface area contributed by atoms with Crippen molar-refractivity contribution in [2.45, 2.75) is 65.2 Å². The summed E-state index contributed by atoms with van der Waals surface area (Å²) >= 11 is 1.81. The Kier molecular flexibility index (Phi) is 4.10. The van der Waals surface area contributed by atoms with Gasteiger partial charge in [-0.3, -0.25) is 10.1 Å². The molecule has 2 heterocycles. The highest BCUT2D eigenvalue weighted by atomic mass is 32.1. The molecule has 1 saturated carbocycles. The van der Waals surface area contributed by atoms with Crippen molar-refractivity contribution in [1.29, 1.82) is 0 Å². The molecule has 3 nitrogen and oxygen atoms in total. The number of hydrogen-bond acceptors (Lipinski definition) is 3. The van der Waals surface area contributed by atoms with Crippen LogP contribution in [0.4, 0.5) is 0 Å². The summed E-state index contributed by atoms with van der Waals surface area (Å²) in [6.07, 6.45) is 3.73. The van der Waals surface area contributed by atoms with Gasteiger partial charge in [-0.1, -0.05) is 27.2 Å². The van der Waals surface area contributed by atoms with Gasteiger partial charge in [0, 0.05) is 15.8 Å². The van der Waals surface area contributed by atoms with Gasteiger partial charge in [-0.2, -0.15) is 0 Å². The van der Waals surface area contributed by atoms with Crippen LogP contribution in [-0.4, -0.2) is 22.9 Å². The van der Waals surface area contributed by atoms with Gasteiger partial charge in [-0.05, 0) is 43.7 Å². The Bertz CT molecular complexity index is 525. The molecule has 0 aromatic carbocycles. The Morgan fingerprint density at radius 3 is 2.62 bits per heavy atom. The Hall–Kier alpha value is -0.870. The van der Waals surface area contributed by atoms with Crippen molar-refractivity contribution in [2.24, 2.45) is 11.8 Å². The topological polar surface area (TPSA) is 32.3 Å². The van der Waals surface area contributed by atoms with E-state index in [1.807, 2.05) is 11.3 Å². The monoisotopic (exact) mass is 306 g/mol. The quantitative estimate of drug-likeness (QED) is 0.923. The lowest BCUT2D eigenvalue weighted by Crippen LogP contribution is -2.42. The lowest BCUT2D eigenvalue weighted by Gasteiger charge is -2.32. The number of rotatable bonds is 3. The molecule has 3 rings (SSSR count). The molecule has 1 aliphatic carbocycles. The van der Waals surface area contributed by atoms with E-state index in [0.29, 0.717) is 23.8 Å². The number of carbonyl (C=O) groups is 1. The van der Waals surface area contributed by atoms with Gasteiger partial charge in [0.15, 0.2) is 0 Å². The zero-order valence-corrected chi connectivity index (χ0v) is 14.2. The van der Waals surface area contributed by atoms with Gasteiger partial charge in [0.25, 0.3) is 0 Å². The molecule has 0 bridgehead atoms. The van der Waals surface area contributed by atoms with Crippen molar-refractivity contribution in [3.8, 4) is 0 Å². The summed E-state index contributed by atoms with van der Waals surface area (Å²) in [6, 6.07) is 4.71. The van der Waals surface area contributed by atoms with Crippen molar-refractivity contribution >= 4 is 17.2 Å². The molecular formula is C17H26N2OS. The summed E-state index contributed by atoms with van der Waals surface area (Å²) in [5.41, 5.74) is 0. The van der Waals surface area contributed by atoms with Crippen LogP contribution in [0.25, 0.3) is 0 Å². The van der Waals surface area contributed by atoms with E-state index in [1.54, 1.807) is 0 Å². The highest BCUT2D eigenvalue weighted by molar-refractivity contribution is 7.12. The fraction of sp³-hybridized carbons (Fsp3) is 0.706. The molecule has 1 aromatic heterocycles. The van der Waals surface area contributed by atoms with E-state index in [-0.39, 0.29) is 12.2 Å². The molecule has 21 heavy (non-hydrogen) atoms. The lowest BCUT2D eigenvalue weighted by atomic mass is 10.0.